The maximum Gasteiger partial charge on any atom is 0.265 e. The Bertz CT molecular complexity index is 518. The zero-order chi connectivity index (χ0) is 14.9. The van der Waals surface area contributed by atoms with Crippen LogP contribution in [0.2, 0.25) is 0 Å². The summed E-state index contributed by atoms with van der Waals surface area (Å²) in [6, 6.07) is 0.504. The molecule has 4 N–H and O–H groups in total. The van der Waals surface area contributed by atoms with E-state index in [1.54, 1.807) is 0 Å². The average molecular weight is 308 g/mol. The molecule has 0 aromatic carbocycles. The topological polar surface area (TPSA) is 80.0 Å². The van der Waals surface area contributed by atoms with Crippen molar-refractivity contribution in [3.63, 3.8) is 0 Å². The third-order valence-electron chi connectivity index (χ3n) is 4.78. The maximum absolute atomic E-state index is 12.3. The molecule has 3 rings (SSSR count). The van der Waals surface area contributed by atoms with Gasteiger partial charge in [0.1, 0.15) is 10.7 Å². The van der Waals surface area contributed by atoms with Crippen molar-refractivity contribution in [1.82, 2.24) is 10.3 Å². The van der Waals surface area contributed by atoms with Crippen molar-refractivity contribution in [3.05, 3.63) is 4.88 Å². The van der Waals surface area contributed by atoms with Gasteiger partial charge in [-0.25, -0.2) is 4.98 Å². The summed E-state index contributed by atoms with van der Waals surface area (Å²) in [5, 5.41) is 7.16. The Kier molecular flexibility index (Phi) is 4.06. The molecule has 2 fully saturated rings. The number of aromatic nitrogens is 1. The Morgan fingerprint density at radius 3 is 2.71 bits per heavy atom. The summed E-state index contributed by atoms with van der Waals surface area (Å²) in [5.41, 5.74) is 6.14. The van der Waals surface area contributed by atoms with Crippen molar-refractivity contribution in [2.24, 2.45) is 5.41 Å². The first kappa shape index (κ1) is 14.6. The number of hydrogen-bond acceptors (Lipinski definition) is 5. The van der Waals surface area contributed by atoms with Crippen molar-refractivity contribution >= 4 is 28.2 Å². The number of carbonyl (C=O) groups excluding carboxylic acids is 1. The fourth-order valence-electron chi connectivity index (χ4n) is 3.06. The fraction of sp³-hybridized carbons (Fsp3) is 0.733. The molecule has 2 aliphatic rings. The molecule has 5 nitrogen and oxygen atoms in total. The van der Waals surface area contributed by atoms with E-state index >= 15 is 0 Å². The average Bonchev–Trinajstić information content (AvgIpc) is 2.98. The minimum absolute atomic E-state index is 0.0835. The largest absolute Gasteiger partial charge is 0.382 e. The summed E-state index contributed by atoms with van der Waals surface area (Å²) >= 11 is 1.37. The molecule has 1 heterocycles. The molecule has 0 spiro atoms. The van der Waals surface area contributed by atoms with Crippen LogP contribution in [0, 0.1) is 5.41 Å². The van der Waals surface area contributed by atoms with Gasteiger partial charge in [0.05, 0.1) is 0 Å². The molecule has 0 radical (unpaired) electrons. The number of nitrogens with one attached hydrogen (secondary N) is 2. The Hall–Kier alpha value is -1.30. The fourth-order valence-corrected chi connectivity index (χ4v) is 3.94. The Morgan fingerprint density at radius 2 is 2.10 bits per heavy atom. The number of amides is 1. The zero-order valence-electron chi connectivity index (χ0n) is 12.6. The van der Waals surface area contributed by atoms with Crippen LogP contribution in [0.3, 0.4) is 0 Å². The number of hydrogen-bond donors (Lipinski definition) is 3. The van der Waals surface area contributed by atoms with E-state index in [9.17, 15) is 4.79 Å². The highest BCUT2D eigenvalue weighted by atomic mass is 32.1. The predicted molar refractivity (Wildman–Crippen MR) is 86.7 cm³/mol. The standard InChI is InChI=1S/C15H24N4OS/c1-15(7-2-3-8-15)9-17-13(20)11-12(16)19-14(21-11)18-10-5-4-6-10/h10H,2-9,16H2,1H3,(H,17,20)(H,18,19). The van der Waals surface area contributed by atoms with Gasteiger partial charge < -0.3 is 16.4 Å². The van der Waals surface area contributed by atoms with E-state index in [1.807, 2.05) is 0 Å². The Labute approximate surface area is 129 Å². The molecule has 6 heteroatoms. The lowest BCUT2D eigenvalue weighted by Crippen LogP contribution is -2.34. The molecule has 0 saturated heterocycles. The third-order valence-corrected chi connectivity index (χ3v) is 5.78. The van der Waals surface area contributed by atoms with Crippen LogP contribution in [-0.2, 0) is 0 Å². The first-order valence-corrected chi connectivity index (χ1v) is 8.68. The van der Waals surface area contributed by atoms with Crippen molar-refractivity contribution < 1.29 is 4.79 Å². The minimum atomic E-state index is -0.0835. The molecular formula is C15H24N4OS. The van der Waals surface area contributed by atoms with Crippen LogP contribution in [0.15, 0.2) is 0 Å². The second kappa shape index (κ2) is 5.83. The summed E-state index contributed by atoms with van der Waals surface area (Å²) in [4.78, 5) is 17.1. The highest BCUT2D eigenvalue weighted by Gasteiger charge is 2.29. The summed E-state index contributed by atoms with van der Waals surface area (Å²) in [6.07, 6.45) is 8.55. The smallest absolute Gasteiger partial charge is 0.265 e. The number of carbonyl (C=O) groups is 1. The molecule has 21 heavy (non-hydrogen) atoms. The molecule has 1 aromatic rings. The van der Waals surface area contributed by atoms with Gasteiger partial charge in [-0.05, 0) is 37.5 Å². The summed E-state index contributed by atoms with van der Waals surface area (Å²) in [6.45, 7) is 2.98. The molecule has 1 aromatic heterocycles. The Morgan fingerprint density at radius 1 is 1.38 bits per heavy atom. The first-order valence-electron chi connectivity index (χ1n) is 7.87. The summed E-state index contributed by atoms with van der Waals surface area (Å²) in [7, 11) is 0. The molecule has 116 valence electrons. The van der Waals surface area contributed by atoms with Crippen LogP contribution in [-0.4, -0.2) is 23.5 Å². The van der Waals surface area contributed by atoms with Gasteiger partial charge in [0.2, 0.25) is 0 Å². The van der Waals surface area contributed by atoms with E-state index in [0.29, 0.717) is 16.7 Å². The van der Waals surface area contributed by atoms with Crippen LogP contribution in [0.1, 0.15) is 61.5 Å². The van der Waals surface area contributed by atoms with E-state index < -0.39 is 0 Å². The van der Waals surface area contributed by atoms with Crippen LogP contribution >= 0.6 is 11.3 Å². The molecule has 2 saturated carbocycles. The van der Waals surface area contributed by atoms with E-state index in [4.69, 9.17) is 5.73 Å². The van der Waals surface area contributed by atoms with Crippen molar-refractivity contribution in [3.8, 4) is 0 Å². The van der Waals surface area contributed by atoms with E-state index in [-0.39, 0.29) is 11.3 Å². The molecule has 1 amide bonds. The van der Waals surface area contributed by atoms with Gasteiger partial charge in [-0.2, -0.15) is 0 Å². The van der Waals surface area contributed by atoms with Gasteiger partial charge in [0, 0.05) is 12.6 Å². The highest BCUT2D eigenvalue weighted by Crippen LogP contribution is 2.37. The Balaban J connectivity index is 1.58. The molecule has 2 aliphatic carbocycles. The van der Waals surface area contributed by atoms with Gasteiger partial charge in [0.25, 0.3) is 5.91 Å². The molecule has 0 unspecified atom stereocenters. The lowest BCUT2D eigenvalue weighted by molar-refractivity contribution is 0.0939. The van der Waals surface area contributed by atoms with E-state index in [0.717, 1.165) is 11.7 Å². The predicted octanol–water partition coefficient (Wildman–Crippen LogP) is 3.00. The normalized spacial score (nSPS) is 21.0. The number of thiazole rings is 1. The second-order valence-corrected chi connectivity index (χ2v) is 7.71. The molecule has 0 atom stereocenters. The van der Waals surface area contributed by atoms with Crippen LogP contribution in [0.4, 0.5) is 10.9 Å². The zero-order valence-corrected chi connectivity index (χ0v) is 13.4. The number of nitrogens with two attached hydrogens (primary N) is 1. The number of rotatable bonds is 5. The second-order valence-electron chi connectivity index (χ2n) is 6.71. The molecule has 0 bridgehead atoms. The molecular weight excluding hydrogens is 284 g/mol. The van der Waals surface area contributed by atoms with Gasteiger partial charge in [-0.15, -0.1) is 0 Å². The summed E-state index contributed by atoms with van der Waals surface area (Å²) in [5.74, 6) is 0.260. The minimum Gasteiger partial charge on any atom is -0.382 e. The van der Waals surface area contributed by atoms with Crippen LogP contribution < -0.4 is 16.4 Å². The number of nitrogen functional groups attached to an aromatic ring is 1. The summed E-state index contributed by atoms with van der Waals surface area (Å²) < 4.78 is 0. The quantitative estimate of drug-likeness (QED) is 0.781. The molecule has 0 aliphatic heterocycles. The third kappa shape index (κ3) is 3.31. The van der Waals surface area contributed by atoms with Gasteiger partial charge in [-0.1, -0.05) is 31.1 Å². The SMILES string of the molecule is CC1(CNC(=O)c2sc(NC3CCC3)nc2N)CCCC1. The van der Waals surface area contributed by atoms with Gasteiger partial charge in [0.15, 0.2) is 5.13 Å². The van der Waals surface area contributed by atoms with Crippen LogP contribution in [0.5, 0.6) is 0 Å². The highest BCUT2D eigenvalue weighted by molar-refractivity contribution is 7.18. The first-order chi connectivity index (χ1) is 10.1. The van der Waals surface area contributed by atoms with Crippen molar-refractivity contribution in [1.29, 1.82) is 0 Å². The van der Waals surface area contributed by atoms with Gasteiger partial charge in [-0.3, -0.25) is 4.79 Å². The number of anilines is 2. The lowest BCUT2D eigenvalue weighted by Gasteiger charge is -2.25. The lowest BCUT2D eigenvalue weighted by atomic mass is 9.89. The number of nitrogens with zero attached hydrogens (tertiary/aromatic N) is 1. The monoisotopic (exact) mass is 308 g/mol. The van der Waals surface area contributed by atoms with Crippen LogP contribution in [0.25, 0.3) is 0 Å². The van der Waals surface area contributed by atoms with Crippen molar-refractivity contribution in [2.45, 2.75) is 57.9 Å². The van der Waals surface area contributed by atoms with Crippen molar-refractivity contribution in [2.75, 3.05) is 17.6 Å². The maximum atomic E-state index is 12.3. The van der Waals surface area contributed by atoms with E-state index in [1.165, 1.54) is 56.3 Å². The van der Waals surface area contributed by atoms with E-state index in [2.05, 4.69) is 22.5 Å². The van der Waals surface area contributed by atoms with Gasteiger partial charge >= 0.3 is 0 Å².